The van der Waals surface area contributed by atoms with Crippen LogP contribution in [0, 0.1) is 13.8 Å². The number of nitrogens with zero attached hydrogens (tertiary/aromatic N) is 3. The van der Waals surface area contributed by atoms with Crippen LogP contribution in [0.4, 0.5) is 0 Å². The minimum atomic E-state index is 0.230. The molecule has 2 aromatic heterocycles. The standard InChI is InChI=1S/C19H22N4O/c1-13-4-3-5-17(14(13)2)18(19-9-20-12-21-19)8-15-6-7-23(22-15)16-10-24-11-16/h3-7,9,12,16,18H,8,10-11H2,1-2H3,(H,20,21)/t18-/m0/s1. The van der Waals surface area contributed by atoms with Gasteiger partial charge >= 0.3 is 0 Å². The van der Waals surface area contributed by atoms with Gasteiger partial charge in [-0.15, -0.1) is 0 Å². The molecule has 0 unspecified atom stereocenters. The molecule has 4 rings (SSSR count). The molecule has 0 amide bonds. The molecule has 24 heavy (non-hydrogen) atoms. The SMILES string of the molecule is Cc1cccc([C@H](Cc2ccn(C3COC3)n2)c2cnc[nH]2)c1C. The number of rotatable bonds is 5. The van der Waals surface area contributed by atoms with Gasteiger partial charge < -0.3 is 9.72 Å². The van der Waals surface area contributed by atoms with Gasteiger partial charge in [0.05, 0.1) is 31.3 Å². The van der Waals surface area contributed by atoms with Crippen molar-refractivity contribution in [1.29, 1.82) is 0 Å². The van der Waals surface area contributed by atoms with Crippen molar-refractivity contribution in [1.82, 2.24) is 19.7 Å². The quantitative estimate of drug-likeness (QED) is 0.785. The van der Waals surface area contributed by atoms with E-state index in [0.717, 1.165) is 31.0 Å². The summed E-state index contributed by atoms with van der Waals surface area (Å²) in [5.74, 6) is 0.230. The van der Waals surface area contributed by atoms with E-state index in [1.165, 1.54) is 16.7 Å². The van der Waals surface area contributed by atoms with E-state index >= 15 is 0 Å². The van der Waals surface area contributed by atoms with E-state index in [-0.39, 0.29) is 5.92 Å². The van der Waals surface area contributed by atoms with E-state index in [1.807, 2.05) is 10.9 Å². The molecule has 0 radical (unpaired) electrons. The Hall–Kier alpha value is -2.40. The summed E-state index contributed by atoms with van der Waals surface area (Å²) >= 11 is 0. The monoisotopic (exact) mass is 322 g/mol. The van der Waals surface area contributed by atoms with Crippen LogP contribution in [-0.4, -0.2) is 33.0 Å². The topological polar surface area (TPSA) is 55.7 Å². The Balaban J connectivity index is 1.66. The molecule has 0 aliphatic carbocycles. The third-order valence-corrected chi connectivity index (χ3v) is 4.99. The molecule has 5 nitrogen and oxygen atoms in total. The third kappa shape index (κ3) is 2.76. The van der Waals surface area contributed by atoms with Gasteiger partial charge in [-0.05, 0) is 36.6 Å². The Bertz CT molecular complexity index is 818. The lowest BCUT2D eigenvalue weighted by molar-refractivity contribution is -0.0287. The number of hydrogen-bond donors (Lipinski definition) is 1. The number of H-pyrrole nitrogens is 1. The van der Waals surface area contributed by atoms with Gasteiger partial charge in [0.1, 0.15) is 0 Å². The van der Waals surface area contributed by atoms with Crippen LogP contribution >= 0.6 is 0 Å². The average molecular weight is 322 g/mol. The highest BCUT2D eigenvalue weighted by molar-refractivity contribution is 5.40. The maximum absolute atomic E-state index is 5.26. The molecule has 124 valence electrons. The zero-order valence-electron chi connectivity index (χ0n) is 14.1. The molecule has 3 aromatic rings. The molecule has 1 aromatic carbocycles. The fourth-order valence-corrected chi connectivity index (χ4v) is 3.27. The second-order valence-electron chi connectivity index (χ2n) is 6.53. The Morgan fingerprint density at radius 3 is 2.88 bits per heavy atom. The van der Waals surface area contributed by atoms with E-state index in [4.69, 9.17) is 9.84 Å². The fraction of sp³-hybridized carbons (Fsp3) is 0.368. The zero-order chi connectivity index (χ0) is 16.5. The van der Waals surface area contributed by atoms with Crippen LogP contribution in [0.5, 0.6) is 0 Å². The summed E-state index contributed by atoms with van der Waals surface area (Å²) in [5.41, 5.74) is 6.21. The molecule has 1 fully saturated rings. The van der Waals surface area contributed by atoms with Crippen molar-refractivity contribution in [3.8, 4) is 0 Å². The van der Waals surface area contributed by atoms with Gasteiger partial charge in [0.2, 0.25) is 0 Å². The molecular weight excluding hydrogens is 300 g/mol. The highest BCUT2D eigenvalue weighted by atomic mass is 16.5. The van der Waals surface area contributed by atoms with E-state index < -0.39 is 0 Å². The van der Waals surface area contributed by atoms with Crippen LogP contribution in [-0.2, 0) is 11.2 Å². The summed E-state index contributed by atoms with van der Waals surface area (Å²) < 4.78 is 7.30. The summed E-state index contributed by atoms with van der Waals surface area (Å²) in [6.07, 6.45) is 6.59. The number of aromatic amines is 1. The minimum absolute atomic E-state index is 0.230. The number of nitrogens with one attached hydrogen (secondary N) is 1. The van der Waals surface area contributed by atoms with E-state index in [0.29, 0.717) is 6.04 Å². The lowest BCUT2D eigenvalue weighted by Gasteiger charge is -2.26. The molecular formula is C19H22N4O. The molecule has 3 heterocycles. The van der Waals surface area contributed by atoms with Crippen LogP contribution in [0.3, 0.4) is 0 Å². The largest absolute Gasteiger partial charge is 0.377 e. The maximum Gasteiger partial charge on any atom is 0.0985 e. The molecule has 1 atom stereocenters. The predicted octanol–water partition coefficient (Wildman–Crippen LogP) is 3.17. The first-order valence-corrected chi connectivity index (χ1v) is 8.38. The van der Waals surface area contributed by atoms with Crippen molar-refractivity contribution in [3.05, 3.63) is 71.1 Å². The number of aryl methyl sites for hydroxylation is 1. The van der Waals surface area contributed by atoms with Gasteiger partial charge in [-0.25, -0.2) is 4.98 Å². The van der Waals surface area contributed by atoms with Gasteiger partial charge in [0.15, 0.2) is 0 Å². The van der Waals surface area contributed by atoms with Gasteiger partial charge in [-0.2, -0.15) is 5.10 Å². The zero-order valence-corrected chi connectivity index (χ0v) is 14.1. The Labute approximate surface area is 141 Å². The number of aromatic nitrogens is 4. The van der Waals surface area contributed by atoms with E-state index in [9.17, 15) is 0 Å². The van der Waals surface area contributed by atoms with Crippen LogP contribution in [0.2, 0.25) is 0 Å². The first-order valence-electron chi connectivity index (χ1n) is 8.38. The van der Waals surface area contributed by atoms with Crippen molar-refractivity contribution in [3.63, 3.8) is 0 Å². The summed E-state index contributed by atoms with van der Waals surface area (Å²) in [5, 5.41) is 4.76. The number of hydrogen-bond acceptors (Lipinski definition) is 3. The second kappa shape index (κ2) is 6.24. The lowest BCUT2D eigenvalue weighted by atomic mass is 9.87. The summed E-state index contributed by atoms with van der Waals surface area (Å²) in [7, 11) is 0. The first-order chi connectivity index (χ1) is 11.7. The summed E-state index contributed by atoms with van der Waals surface area (Å²) in [6, 6.07) is 9.02. The molecule has 0 bridgehead atoms. The number of benzene rings is 1. The highest BCUT2D eigenvalue weighted by Crippen LogP contribution is 2.30. The van der Waals surface area contributed by atoms with Crippen molar-refractivity contribution in [2.45, 2.75) is 32.2 Å². The van der Waals surface area contributed by atoms with Crippen molar-refractivity contribution < 1.29 is 4.74 Å². The van der Waals surface area contributed by atoms with E-state index in [1.54, 1.807) is 6.33 Å². The molecule has 1 saturated heterocycles. The highest BCUT2D eigenvalue weighted by Gasteiger charge is 2.23. The number of ether oxygens (including phenoxy) is 1. The molecule has 1 aliphatic rings. The molecule has 5 heteroatoms. The first kappa shape index (κ1) is 15.1. The minimum Gasteiger partial charge on any atom is -0.377 e. The van der Waals surface area contributed by atoms with Gasteiger partial charge in [-0.3, -0.25) is 4.68 Å². The average Bonchev–Trinajstić information content (AvgIpc) is 3.18. The maximum atomic E-state index is 5.26. The number of imidazole rings is 1. The second-order valence-corrected chi connectivity index (χ2v) is 6.53. The van der Waals surface area contributed by atoms with Crippen LogP contribution < -0.4 is 0 Å². The fourth-order valence-electron chi connectivity index (χ4n) is 3.27. The molecule has 1 N–H and O–H groups in total. The normalized spacial score (nSPS) is 16.1. The molecule has 0 spiro atoms. The van der Waals surface area contributed by atoms with Gasteiger partial charge in [0.25, 0.3) is 0 Å². The smallest absolute Gasteiger partial charge is 0.0985 e. The van der Waals surface area contributed by atoms with E-state index in [2.05, 4.69) is 54.3 Å². The molecule has 1 aliphatic heterocycles. The summed E-state index contributed by atoms with van der Waals surface area (Å²) in [6.45, 7) is 5.89. The van der Waals surface area contributed by atoms with Crippen molar-refractivity contribution in [2.24, 2.45) is 0 Å². The van der Waals surface area contributed by atoms with Crippen LogP contribution in [0.15, 0.2) is 43.0 Å². The lowest BCUT2D eigenvalue weighted by Crippen LogP contribution is -2.31. The van der Waals surface area contributed by atoms with Crippen molar-refractivity contribution >= 4 is 0 Å². The third-order valence-electron chi connectivity index (χ3n) is 4.99. The summed E-state index contributed by atoms with van der Waals surface area (Å²) in [4.78, 5) is 7.51. The Morgan fingerprint density at radius 2 is 2.17 bits per heavy atom. The van der Waals surface area contributed by atoms with Crippen LogP contribution in [0.25, 0.3) is 0 Å². The van der Waals surface area contributed by atoms with Crippen LogP contribution in [0.1, 0.15) is 40.0 Å². The Kier molecular flexibility index (Phi) is 3.94. The predicted molar refractivity (Wildman–Crippen MR) is 92.1 cm³/mol. The van der Waals surface area contributed by atoms with Crippen molar-refractivity contribution in [2.75, 3.05) is 13.2 Å². The van der Waals surface area contributed by atoms with Gasteiger partial charge in [-0.1, -0.05) is 18.2 Å². The Morgan fingerprint density at radius 1 is 1.29 bits per heavy atom. The molecule has 0 saturated carbocycles. The van der Waals surface area contributed by atoms with Gasteiger partial charge in [0, 0.05) is 30.4 Å².